The summed E-state index contributed by atoms with van der Waals surface area (Å²) in [5.41, 5.74) is 1.35. The maximum atomic E-state index is 12.2. The molecule has 0 bridgehead atoms. The highest BCUT2D eigenvalue weighted by molar-refractivity contribution is 7.84. The first-order chi connectivity index (χ1) is 10.2. The first-order valence-electron chi connectivity index (χ1n) is 6.28. The lowest BCUT2D eigenvalue weighted by Crippen LogP contribution is -1.96. The fourth-order valence-electron chi connectivity index (χ4n) is 1.85. The maximum absolute atomic E-state index is 12.2. The van der Waals surface area contributed by atoms with E-state index in [1.54, 1.807) is 18.2 Å². The minimum absolute atomic E-state index is 0.0431. The number of phenolic OH excluding ortho intramolecular Hbond substituents is 1. The number of aromatic nitrogens is 2. The molecule has 0 saturated heterocycles. The number of hydrogen-bond acceptors (Lipinski definition) is 5. The van der Waals surface area contributed by atoms with Gasteiger partial charge in [0, 0.05) is 0 Å². The molecule has 0 aliphatic carbocycles. The first-order valence-corrected chi connectivity index (χ1v) is 7.60. The molecule has 6 heteroatoms. The van der Waals surface area contributed by atoms with Crippen molar-refractivity contribution in [2.24, 2.45) is 0 Å². The van der Waals surface area contributed by atoms with Crippen molar-refractivity contribution in [3.05, 3.63) is 60.2 Å². The van der Waals surface area contributed by atoms with Crippen molar-refractivity contribution in [2.45, 2.75) is 11.0 Å². The van der Waals surface area contributed by atoms with Crippen molar-refractivity contribution >= 4 is 10.8 Å². The van der Waals surface area contributed by atoms with Crippen LogP contribution in [0.1, 0.15) is 5.56 Å². The molecule has 1 aromatic heterocycles. The van der Waals surface area contributed by atoms with Gasteiger partial charge in [-0.3, -0.25) is 0 Å². The molecule has 1 atom stereocenters. The van der Waals surface area contributed by atoms with Gasteiger partial charge < -0.3 is 9.52 Å². The zero-order valence-electron chi connectivity index (χ0n) is 11.0. The highest BCUT2D eigenvalue weighted by Gasteiger charge is 2.16. The monoisotopic (exact) mass is 300 g/mol. The van der Waals surface area contributed by atoms with Gasteiger partial charge in [0.05, 0.1) is 11.3 Å². The normalized spacial score (nSPS) is 12.2. The van der Waals surface area contributed by atoms with E-state index in [0.717, 1.165) is 5.56 Å². The van der Waals surface area contributed by atoms with Crippen LogP contribution >= 0.6 is 0 Å². The molecule has 0 aliphatic heterocycles. The van der Waals surface area contributed by atoms with E-state index in [0.29, 0.717) is 11.3 Å². The summed E-state index contributed by atoms with van der Waals surface area (Å²) in [7, 11) is -1.42. The average molecular weight is 300 g/mol. The van der Waals surface area contributed by atoms with Gasteiger partial charge in [-0.25, -0.2) is 4.21 Å². The van der Waals surface area contributed by atoms with E-state index in [2.05, 4.69) is 10.2 Å². The molecule has 1 unspecified atom stereocenters. The van der Waals surface area contributed by atoms with E-state index in [1.165, 1.54) is 6.07 Å². The number of hydrogen-bond donors (Lipinski definition) is 1. The van der Waals surface area contributed by atoms with Gasteiger partial charge in [0.25, 0.3) is 5.89 Å². The second-order valence-corrected chi connectivity index (χ2v) is 5.69. The van der Waals surface area contributed by atoms with Gasteiger partial charge in [-0.05, 0) is 17.7 Å². The van der Waals surface area contributed by atoms with Crippen LogP contribution in [0.25, 0.3) is 11.5 Å². The first kappa shape index (κ1) is 13.5. The van der Waals surface area contributed by atoms with Crippen LogP contribution < -0.4 is 0 Å². The third-order valence-corrected chi connectivity index (χ3v) is 4.03. The van der Waals surface area contributed by atoms with E-state index < -0.39 is 10.8 Å². The Labute approximate surface area is 123 Å². The Morgan fingerprint density at radius 1 is 1.00 bits per heavy atom. The summed E-state index contributed by atoms with van der Waals surface area (Å²) in [6.45, 7) is 0. The minimum Gasteiger partial charge on any atom is -0.507 e. The SMILES string of the molecule is O=S(Cc1ccccc1)c1nnc(-c2ccccc2O)o1. The lowest BCUT2D eigenvalue weighted by Gasteiger charge is -1.98. The molecule has 0 saturated carbocycles. The molecular formula is C15H12N2O3S. The Morgan fingerprint density at radius 3 is 2.48 bits per heavy atom. The molecule has 0 radical (unpaired) electrons. The van der Waals surface area contributed by atoms with Crippen LogP contribution in [0.15, 0.2) is 64.2 Å². The lowest BCUT2D eigenvalue weighted by molar-refractivity contribution is 0.446. The van der Waals surface area contributed by atoms with Gasteiger partial charge in [-0.1, -0.05) is 47.6 Å². The second kappa shape index (κ2) is 5.88. The average Bonchev–Trinajstić information content (AvgIpc) is 2.98. The number of benzene rings is 2. The van der Waals surface area contributed by atoms with Crippen LogP contribution in [0.2, 0.25) is 0 Å². The topological polar surface area (TPSA) is 76.2 Å². The maximum Gasteiger partial charge on any atom is 0.308 e. The van der Waals surface area contributed by atoms with Crippen molar-refractivity contribution in [1.82, 2.24) is 10.2 Å². The molecule has 0 fully saturated rings. The van der Waals surface area contributed by atoms with Crippen molar-refractivity contribution in [3.63, 3.8) is 0 Å². The molecular weight excluding hydrogens is 288 g/mol. The van der Waals surface area contributed by atoms with Gasteiger partial charge >= 0.3 is 5.22 Å². The van der Waals surface area contributed by atoms with Crippen molar-refractivity contribution < 1.29 is 13.7 Å². The molecule has 0 spiro atoms. The molecule has 21 heavy (non-hydrogen) atoms. The number of para-hydroxylation sites is 1. The summed E-state index contributed by atoms with van der Waals surface area (Å²) in [5, 5.41) is 17.4. The summed E-state index contributed by atoms with van der Waals surface area (Å²) in [5.74, 6) is 0.509. The van der Waals surface area contributed by atoms with Gasteiger partial charge in [-0.2, -0.15) is 0 Å². The molecule has 0 amide bonds. The molecule has 0 aliphatic rings. The Kier molecular flexibility index (Phi) is 3.79. The van der Waals surface area contributed by atoms with E-state index in [1.807, 2.05) is 30.3 Å². The van der Waals surface area contributed by atoms with Gasteiger partial charge in [0.15, 0.2) is 0 Å². The van der Waals surface area contributed by atoms with Gasteiger partial charge in [0.2, 0.25) is 0 Å². The van der Waals surface area contributed by atoms with Crippen LogP contribution in [0.3, 0.4) is 0 Å². The predicted molar refractivity (Wildman–Crippen MR) is 78.0 cm³/mol. The Bertz CT molecular complexity index is 771. The number of rotatable bonds is 4. The van der Waals surface area contributed by atoms with Gasteiger partial charge in [0.1, 0.15) is 16.5 Å². The standard InChI is InChI=1S/C15H12N2O3S/c18-13-9-5-4-8-12(13)14-16-17-15(20-14)21(19)10-11-6-2-1-3-7-11/h1-9,18H,10H2. The quantitative estimate of drug-likeness (QED) is 0.801. The van der Waals surface area contributed by atoms with Crippen LogP contribution in [-0.4, -0.2) is 19.5 Å². The van der Waals surface area contributed by atoms with E-state index in [-0.39, 0.29) is 16.9 Å². The second-order valence-electron chi connectivity index (χ2n) is 4.37. The zero-order valence-corrected chi connectivity index (χ0v) is 11.8. The van der Waals surface area contributed by atoms with Crippen molar-refractivity contribution in [2.75, 3.05) is 0 Å². The molecule has 5 nitrogen and oxygen atoms in total. The van der Waals surface area contributed by atoms with Crippen molar-refractivity contribution in [1.29, 1.82) is 0 Å². The molecule has 2 aromatic carbocycles. The highest BCUT2D eigenvalue weighted by Crippen LogP contribution is 2.28. The van der Waals surface area contributed by atoms with E-state index >= 15 is 0 Å². The summed E-state index contributed by atoms with van der Waals surface area (Å²) in [4.78, 5) is 0. The minimum atomic E-state index is -1.42. The van der Waals surface area contributed by atoms with E-state index in [4.69, 9.17) is 4.42 Å². The molecule has 106 valence electrons. The van der Waals surface area contributed by atoms with Crippen LogP contribution in [0, 0.1) is 0 Å². The van der Waals surface area contributed by atoms with E-state index in [9.17, 15) is 9.32 Å². The summed E-state index contributed by atoms with van der Waals surface area (Å²) in [6.07, 6.45) is 0. The summed E-state index contributed by atoms with van der Waals surface area (Å²) in [6, 6.07) is 16.1. The van der Waals surface area contributed by atoms with Crippen LogP contribution in [0.5, 0.6) is 5.75 Å². The van der Waals surface area contributed by atoms with Gasteiger partial charge in [-0.15, -0.1) is 5.10 Å². The van der Waals surface area contributed by atoms with Crippen LogP contribution in [-0.2, 0) is 16.6 Å². The predicted octanol–water partition coefficient (Wildman–Crippen LogP) is 2.75. The Hall–Kier alpha value is -2.47. The fourth-order valence-corrected chi connectivity index (χ4v) is 2.77. The number of aromatic hydroxyl groups is 1. The molecule has 1 heterocycles. The zero-order chi connectivity index (χ0) is 14.7. The van der Waals surface area contributed by atoms with Crippen molar-refractivity contribution in [3.8, 4) is 17.2 Å². The number of phenols is 1. The molecule has 3 rings (SSSR count). The molecule has 3 aromatic rings. The highest BCUT2D eigenvalue weighted by atomic mass is 32.2. The smallest absolute Gasteiger partial charge is 0.308 e. The fraction of sp³-hybridized carbons (Fsp3) is 0.0667. The Morgan fingerprint density at radius 2 is 1.71 bits per heavy atom. The summed E-state index contributed by atoms with van der Waals surface area (Å²) < 4.78 is 17.6. The molecule has 1 N–H and O–H groups in total. The largest absolute Gasteiger partial charge is 0.507 e. The number of nitrogens with zero attached hydrogens (tertiary/aromatic N) is 2. The third kappa shape index (κ3) is 3.00. The Balaban J connectivity index is 1.82. The lowest BCUT2D eigenvalue weighted by atomic mass is 10.2. The van der Waals surface area contributed by atoms with Crippen LogP contribution in [0.4, 0.5) is 0 Å². The summed E-state index contributed by atoms with van der Waals surface area (Å²) >= 11 is 0. The third-order valence-electron chi connectivity index (χ3n) is 2.88.